The third-order valence-electron chi connectivity index (χ3n) is 6.92. The molecule has 0 fully saturated rings. The molecule has 0 radical (unpaired) electrons. The Morgan fingerprint density at radius 1 is 0.805 bits per heavy atom. The first-order valence-electron chi connectivity index (χ1n) is 13.0. The number of nitrogens with zero attached hydrogens (tertiary/aromatic N) is 4. The van der Waals surface area contributed by atoms with Crippen LogP contribution in [0.25, 0.3) is 55.7 Å². The number of carbonyl (C=O) groups excluding carboxylic acids is 1. The van der Waals surface area contributed by atoms with Gasteiger partial charge in [-0.1, -0.05) is 42.5 Å². The highest BCUT2D eigenvalue weighted by Gasteiger charge is 2.16. The van der Waals surface area contributed by atoms with E-state index in [-0.39, 0.29) is 18.1 Å². The molecule has 0 spiro atoms. The van der Waals surface area contributed by atoms with Crippen LogP contribution in [0.5, 0.6) is 0 Å². The van der Waals surface area contributed by atoms with Gasteiger partial charge in [-0.25, -0.2) is 14.4 Å². The predicted octanol–water partition coefficient (Wildman–Crippen LogP) is 6.55. The van der Waals surface area contributed by atoms with Crippen molar-refractivity contribution in [2.45, 2.75) is 6.42 Å². The van der Waals surface area contributed by atoms with Crippen molar-refractivity contribution in [1.82, 2.24) is 30.1 Å². The molecule has 0 saturated carbocycles. The fraction of sp³-hybridized carbons (Fsp3) is 0.0312. The monoisotopic (exact) mass is 539 g/mol. The van der Waals surface area contributed by atoms with Crippen LogP contribution >= 0.6 is 0 Å². The van der Waals surface area contributed by atoms with Crippen LogP contribution in [0.15, 0.2) is 104 Å². The van der Waals surface area contributed by atoms with Crippen LogP contribution in [0.4, 0.5) is 10.1 Å². The van der Waals surface area contributed by atoms with Crippen molar-refractivity contribution < 1.29 is 9.18 Å². The highest BCUT2D eigenvalue weighted by Crippen LogP contribution is 2.34. The molecule has 0 aliphatic heterocycles. The first kappa shape index (κ1) is 24.3. The highest BCUT2D eigenvalue weighted by molar-refractivity contribution is 6.00. The molecule has 1 amide bonds. The van der Waals surface area contributed by atoms with E-state index in [4.69, 9.17) is 0 Å². The summed E-state index contributed by atoms with van der Waals surface area (Å²) in [4.78, 5) is 29.4. The number of halogens is 1. The Hall–Kier alpha value is -5.70. The molecule has 5 heterocycles. The predicted molar refractivity (Wildman–Crippen MR) is 156 cm³/mol. The number of nitrogens with one attached hydrogen (secondary N) is 3. The van der Waals surface area contributed by atoms with Crippen LogP contribution in [-0.2, 0) is 11.2 Å². The van der Waals surface area contributed by atoms with E-state index < -0.39 is 0 Å². The van der Waals surface area contributed by atoms with Crippen LogP contribution in [0.1, 0.15) is 5.56 Å². The molecule has 0 atom stereocenters. The van der Waals surface area contributed by atoms with Crippen molar-refractivity contribution in [2.24, 2.45) is 0 Å². The molecule has 3 N–H and O–H groups in total. The lowest BCUT2D eigenvalue weighted by Gasteiger charge is -2.07. The Balaban J connectivity index is 1.21. The number of H-pyrrole nitrogens is 2. The number of aromatic amines is 2. The van der Waals surface area contributed by atoms with E-state index in [0.29, 0.717) is 22.7 Å². The summed E-state index contributed by atoms with van der Waals surface area (Å²) < 4.78 is 13.5. The first-order valence-corrected chi connectivity index (χ1v) is 13.0. The third-order valence-corrected chi connectivity index (χ3v) is 6.92. The second kappa shape index (κ2) is 10.1. The van der Waals surface area contributed by atoms with E-state index in [1.807, 2.05) is 54.6 Å². The van der Waals surface area contributed by atoms with Crippen molar-refractivity contribution in [3.63, 3.8) is 0 Å². The number of rotatable bonds is 6. The Morgan fingerprint density at radius 2 is 1.63 bits per heavy atom. The van der Waals surface area contributed by atoms with Gasteiger partial charge in [-0.2, -0.15) is 5.10 Å². The summed E-state index contributed by atoms with van der Waals surface area (Å²) in [5.41, 5.74) is 7.80. The molecule has 0 aliphatic carbocycles. The number of hydrogen-bond acceptors (Lipinski definition) is 5. The van der Waals surface area contributed by atoms with Crippen molar-refractivity contribution >= 4 is 33.7 Å². The number of anilines is 1. The van der Waals surface area contributed by atoms with Crippen LogP contribution in [0.2, 0.25) is 0 Å². The molecule has 41 heavy (non-hydrogen) atoms. The minimum absolute atomic E-state index is 0.117. The van der Waals surface area contributed by atoms with Crippen LogP contribution in [0, 0.1) is 5.82 Å². The van der Waals surface area contributed by atoms with Crippen LogP contribution in [-0.4, -0.2) is 36.0 Å². The summed E-state index contributed by atoms with van der Waals surface area (Å²) in [5, 5.41) is 12.2. The maximum absolute atomic E-state index is 13.5. The Morgan fingerprint density at radius 3 is 2.49 bits per heavy atom. The molecule has 198 valence electrons. The van der Waals surface area contributed by atoms with Crippen LogP contribution in [0.3, 0.4) is 0 Å². The zero-order valence-electron chi connectivity index (χ0n) is 21.6. The molecule has 0 unspecified atom stereocenters. The Bertz CT molecular complexity index is 2030. The van der Waals surface area contributed by atoms with Crippen molar-refractivity contribution in [2.75, 3.05) is 5.32 Å². The van der Waals surface area contributed by atoms with Gasteiger partial charge in [0, 0.05) is 40.5 Å². The maximum Gasteiger partial charge on any atom is 0.228 e. The van der Waals surface area contributed by atoms with Gasteiger partial charge in [-0.3, -0.25) is 14.9 Å². The van der Waals surface area contributed by atoms with E-state index in [2.05, 4.69) is 35.5 Å². The first-order chi connectivity index (χ1) is 20.1. The van der Waals surface area contributed by atoms with Gasteiger partial charge >= 0.3 is 0 Å². The van der Waals surface area contributed by atoms with Gasteiger partial charge in [-0.15, -0.1) is 0 Å². The van der Waals surface area contributed by atoms with Gasteiger partial charge < -0.3 is 10.3 Å². The van der Waals surface area contributed by atoms with E-state index in [0.717, 1.165) is 44.3 Å². The lowest BCUT2D eigenvalue weighted by Crippen LogP contribution is -2.14. The molecule has 0 aliphatic rings. The Kier molecular flexibility index (Phi) is 6.01. The normalized spacial score (nSPS) is 11.2. The van der Waals surface area contributed by atoms with Gasteiger partial charge in [0.1, 0.15) is 17.2 Å². The Labute approximate surface area is 233 Å². The smallest absolute Gasteiger partial charge is 0.228 e. The third kappa shape index (κ3) is 4.80. The molecular formula is C32H22FN7O. The quantitative estimate of drug-likeness (QED) is 0.222. The topological polar surface area (TPSA) is 112 Å². The molecule has 7 aromatic rings. The highest BCUT2D eigenvalue weighted by atomic mass is 19.1. The number of amides is 1. The molecule has 9 heteroatoms. The zero-order valence-corrected chi connectivity index (χ0v) is 21.6. The van der Waals surface area contributed by atoms with E-state index in [1.165, 1.54) is 12.1 Å². The number of benzene rings is 2. The summed E-state index contributed by atoms with van der Waals surface area (Å²) in [6.07, 6.45) is 7.10. The molecule has 5 aromatic heterocycles. The van der Waals surface area contributed by atoms with Gasteiger partial charge in [0.25, 0.3) is 0 Å². The van der Waals surface area contributed by atoms with E-state index in [1.54, 1.807) is 36.9 Å². The standard InChI is InChI=1S/C32H22FN7O/c33-23-8-6-20(7-9-23)25-10-11-35-31-26(25)15-28(38-31)30-27-14-22(17-36-32(27)40-39-30)21-13-24(18-34-16-21)37-29(41)12-19-4-2-1-3-5-19/h1-11,13-18H,12H2,(H,35,38)(H,37,41)(H,36,39,40). The molecule has 2 aromatic carbocycles. The number of pyridine rings is 3. The zero-order chi connectivity index (χ0) is 27.8. The minimum atomic E-state index is -0.282. The molecule has 8 nitrogen and oxygen atoms in total. The average molecular weight is 540 g/mol. The van der Waals surface area contributed by atoms with Crippen molar-refractivity contribution in [1.29, 1.82) is 0 Å². The molecule has 7 rings (SSSR count). The van der Waals surface area contributed by atoms with Crippen LogP contribution < -0.4 is 5.32 Å². The summed E-state index contributed by atoms with van der Waals surface area (Å²) in [7, 11) is 0. The maximum atomic E-state index is 13.5. The number of aromatic nitrogens is 6. The number of hydrogen-bond donors (Lipinski definition) is 3. The van der Waals surface area contributed by atoms with Gasteiger partial charge in [0.2, 0.25) is 5.91 Å². The lowest BCUT2D eigenvalue weighted by molar-refractivity contribution is -0.115. The molecule has 0 saturated heterocycles. The van der Waals surface area contributed by atoms with Gasteiger partial charge in [0.15, 0.2) is 5.65 Å². The fourth-order valence-corrected chi connectivity index (χ4v) is 4.95. The fourth-order valence-electron chi connectivity index (χ4n) is 4.95. The second-order valence-corrected chi connectivity index (χ2v) is 9.68. The van der Waals surface area contributed by atoms with E-state index >= 15 is 0 Å². The summed E-state index contributed by atoms with van der Waals surface area (Å²) >= 11 is 0. The number of carbonyl (C=O) groups is 1. The largest absolute Gasteiger partial charge is 0.338 e. The SMILES string of the molecule is O=C(Cc1ccccc1)Nc1cncc(-c2cnc3[nH]nc(-c4cc5c(-c6ccc(F)cc6)ccnc5[nH]4)c3c2)c1. The molecule has 0 bridgehead atoms. The average Bonchev–Trinajstić information content (AvgIpc) is 3.62. The van der Waals surface area contributed by atoms with E-state index in [9.17, 15) is 9.18 Å². The summed E-state index contributed by atoms with van der Waals surface area (Å²) in [6.45, 7) is 0. The van der Waals surface area contributed by atoms with Crippen molar-refractivity contribution in [3.8, 4) is 33.6 Å². The second-order valence-electron chi connectivity index (χ2n) is 9.68. The molecular weight excluding hydrogens is 517 g/mol. The van der Waals surface area contributed by atoms with Gasteiger partial charge in [0.05, 0.1) is 24.0 Å². The van der Waals surface area contributed by atoms with Crippen molar-refractivity contribution in [3.05, 3.63) is 115 Å². The lowest BCUT2D eigenvalue weighted by atomic mass is 10.0. The summed E-state index contributed by atoms with van der Waals surface area (Å²) in [5.74, 6) is -0.399. The number of fused-ring (bicyclic) bond motifs is 2. The summed E-state index contributed by atoms with van der Waals surface area (Å²) in [6, 6.07) is 23.8. The minimum Gasteiger partial charge on any atom is -0.338 e. The van der Waals surface area contributed by atoms with Gasteiger partial charge in [-0.05, 0) is 53.1 Å².